The van der Waals surface area contributed by atoms with Crippen LogP contribution in [0.4, 0.5) is 5.82 Å². The molecule has 0 aromatic carbocycles. The molecule has 5 heteroatoms. The minimum atomic E-state index is 0.370. The molecule has 0 unspecified atom stereocenters. The third-order valence-corrected chi connectivity index (χ3v) is 2.28. The molecule has 88 valence electrons. The zero-order valence-electron chi connectivity index (χ0n) is 9.84. The molecule has 0 bridgehead atoms. The normalized spacial score (nSPS) is 10.2. The van der Waals surface area contributed by atoms with E-state index in [4.69, 9.17) is 10.5 Å². The molecule has 0 amide bonds. The lowest BCUT2D eigenvalue weighted by molar-refractivity contribution is 0.447. The van der Waals surface area contributed by atoms with Crippen molar-refractivity contribution in [2.24, 2.45) is 0 Å². The summed E-state index contributed by atoms with van der Waals surface area (Å²) in [5.74, 6) is 1.49. The summed E-state index contributed by atoms with van der Waals surface area (Å²) in [6, 6.07) is 7.12. The van der Waals surface area contributed by atoms with Gasteiger partial charge in [-0.3, -0.25) is 4.98 Å². The highest BCUT2D eigenvalue weighted by Gasteiger charge is 2.06. The van der Waals surface area contributed by atoms with Gasteiger partial charge < -0.3 is 10.5 Å². The van der Waals surface area contributed by atoms with Gasteiger partial charge in [-0.05, 0) is 31.5 Å². The molecule has 0 saturated heterocycles. The molecule has 17 heavy (non-hydrogen) atoms. The highest BCUT2D eigenvalue weighted by Crippen LogP contribution is 2.23. The number of rotatable bonds is 3. The molecule has 5 nitrogen and oxygen atoms in total. The highest BCUT2D eigenvalue weighted by atomic mass is 16.5. The Kier molecular flexibility index (Phi) is 3.18. The van der Waals surface area contributed by atoms with E-state index < -0.39 is 0 Å². The number of hydrogen-bond donors (Lipinski definition) is 1. The fraction of sp³-hybridized carbons (Fsp3) is 0.250. The Balaban J connectivity index is 2.26. The average Bonchev–Trinajstić information content (AvgIpc) is 2.34. The SMILES string of the molecule is CCc1nc(C)ccc1Oc1ccc(N)nn1. The fourth-order valence-electron chi connectivity index (χ4n) is 1.44. The van der Waals surface area contributed by atoms with Crippen molar-refractivity contribution in [2.45, 2.75) is 20.3 Å². The number of ether oxygens (including phenoxy) is 1. The van der Waals surface area contributed by atoms with Crippen LogP contribution >= 0.6 is 0 Å². The molecule has 2 rings (SSSR count). The number of nitrogens with two attached hydrogens (primary N) is 1. The van der Waals surface area contributed by atoms with E-state index in [9.17, 15) is 0 Å². The standard InChI is InChI=1S/C12H14N4O/c1-3-9-10(5-4-8(2)14-9)17-12-7-6-11(13)15-16-12/h4-7H,3H2,1-2H3,(H2,13,15). The largest absolute Gasteiger partial charge is 0.436 e. The van der Waals surface area contributed by atoms with Crippen LogP contribution in [0.3, 0.4) is 0 Å². The van der Waals surface area contributed by atoms with Crippen molar-refractivity contribution in [3.8, 4) is 11.6 Å². The second kappa shape index (κ2) is 4.78. The molecule has 0 fully saturated rings. The lowest BCUT2D eigenvalue weighted by atomic mass is 10.2. The van der Waals surface area contributed by atoms with Crippen molar-refractivity contribution < 1.29 is 4.74 Å². The molecule has 2 N–H and O–H groups in total. The second-order valence-electron chi connectivity index (χ2n) is 3.65. The summed E-state index contributed by atoms with van der Waals surface area (Å²) in [6.07, 6.45) is 0.805. The van der Waals surface area contributed by atoms with E-state index in [0.29, 0.717) is 17.4 Å². The van der Waals surface area contributed by atoms with Crippen molar-refractivity contribution in [3.05, 3.63) is 35.7 Å². The molecule has 0 atom stereocenters. The van der Waals surface area contributed by atoms with Gasteiger partial charge >= 0.3 is 0 Å². The summed E-state index contributed by atoms with van der Waals surface area (Å²) < 4.78 is 5.62. The minimum Gasteiger partial charge on any atom is -0.436 e. The first-order valence-electron chi connectivity index (χ1n) is 5.42. The maximum Gasteiger partial charge on any atom is 0.239 e. The smallest absolute Gasteiger partial charge is 0.239 e. The van der Waals surface area contributed by atoms with Crippen molar-refractivity contribution in [3.63, 3.8) is 0 Å². The van der Waals surface area contributed by atoms with Crippen LogP contribution in [0.1, 0.15) is 18.3 Å². The first-order chi connectivity index (χ1) is 8.19. The van der Waals surface area contributed by atoms with Gasteiger partial charge in [-0.25, -0.2) is 0 Å². The van der Waals surface area contributed by atoms with Gasteiger partial charge in [0.15, 0.2) is 5.75 Å². The lowest BCUT2D eigenvalue weighted by Gasteiger charge is -2.08. The average molecular weight is 230 g/mol. The minimum absolute atomic E-state index is 0.370. The summed E-state index contributed by atoms with van der Waals surface area (Å²) in [5.41, 5.74) is 7.33. The van der Waals surface area contributed by atoms with Crippen LogP contribution in [0.5, 0.6) is 11.6 Å². The molecule has 0 aliphatic rings. The Labute approximate surface area is 99.7 Å². The van der Waals surface area contributed by atoms with E-state index in [1.807, 2.05) is 26.0 Å². The van der Waals surface area contributed by atoms with Crippen LogP contribution in [0.25, 0.3) is 0 Å². The molecule has 0 radical (unpaired) electrons. The Hall–Kier alpha value is -2.17. The van der Waals surface area contributed by atoms with Crippen molar-refractivity contribution in [1.82, 2.24) is 15.2 Å². The summed E-state index contributed by atoms with van der Waals surface area (Å²) >= 11 is 0. The third kappa shape index (κ3) is 2.69. The van der Waals surface area contributed by atoms with Crippen molar-refractivity contribution in [1.29, 1.82) is 0 Å². The number of hydrogen-bond acceptors (Lipinski definition) is 5. The van der Waals surface area contributed by atoms with Gasteiger partial charge in [-0.15, -0.1) is 10.2 Å². The number of aryl methyl sites for hydroxylation is 2. The van der Waals surface area contributed by atoms with E-state index in [1.54, 1.807) is 12.1 Å². The van der Waals surface area contributed by atoms with Crippen molar-refractivity contribution in [2.75, 3.05) is 5.73 Å². The zero-order chi connectivity index (χ0) is 12.3. The second-order valence-corrected chi connectivity index (χ2v) is 3.65. The van der Waals surface area contributed by atoms with Gasteiger partial charge in [0.25, 0.3) is 0 Å². The Bertz CT molecular complexity index is 510. The van der Waals surface area contributed by atoms with Crippen LogP contribution < -0.4 is 10.5 Å². The zero-order valence-corrected chi connectivity index (χ0v) is 9.84. The number of nitrogen functional groups attached to an aromatic ring is 1. The van der Waals surface area contributed by atoms with E-state index in [2.05, 4.69) is 15.2 Å². The predicted molar refractivity (Wildman–Crippen MR) is 64.9 cm³/mol. The predicted octanol–water partition coefficient (Wildman–Crippen LogP) is 2.12. The molecule has 0 saturated carbocycles. The Morgan fingerprint density at radius 3 is 2.65 bits per heavy atom. The molecule has 0 aliphatic carbocycles. The Morgan fingerprint density at radius 1 is 1.18 bits per heavy atom. The maximum atomic E-state index is 5.62. The van der Waals surface area contributed by atoms with Crippen LogP contribution in [0, 0.1) is 6.92 Å². The molecule has 2 aromatic heterocycles. The van der Waals surface area contributed by atoms with Crippen LogP contribution in [-0.4, -0.2) is 15.2 Å². The van der Waals surface area contributed by atoms with E-state index in [-0.39, 0.29) is 0 Å². The van der Waals surface area contributed by atoms with Crippen LogP contribution in [-0.2, 0) is 6.42 Å². The molecule has 0 spiro atoms. The van der Waals surface area contributed by atoms with Gasteiger partial charge in [0.05, 0.1) is 5.69 Å². The first-order valence-corrected chi connectivity index (χ1v) is 5.42. The van der Waals surface area contributed by atoms with E-state index in [0.717, 1.165) is 17.8 Å². The van der Waals surface area contributed by atoms with E-state index in [1.165, 1.54) is 0 Å². The lowest BCUT2D eigenvalue weighted by Crippen LogP contribution is -1.98. The monoisotopic (exact) mass is 230 g/mol. The van der Waals surface area contributed by atoms with Gasteiger partial charge in [0.1, 0.15) is 5.82 Å². The number of nitrogens with zero attached hydrogens (tertiary/aromatic N) is 3. The molecule has 2 aromatic rings. The summed E-state index contributed by atoms with van der Waals surface area (Å²) in [4.78, 5) is 4.41. The summed E-state index contributed by atoms with van der Waals surface area (Å²) in [6.45, 7) is 3.98. The molecular weight excluding hydrogens is 216 g/mol. The van der Waals surface area contributed by atoms with Crippen LogP contribution in [0.15, 0.2) is 24.3 Å². The number of aromatic nitrogens is 3. The van der Waals surface area contributed by atoms with Crippen molar-refractivity contribution >= 4 is 5.82 Å². The van der Waals surface area contributed by atoms with Crippen LogP contribution in [0.2, 0.25) is 0 Å². The maximum absolute atomic E-state index is 5.62. The topological polar surface area (TPSA) is 73.9 Å². The quantitative estimate of drug-likeness (QED) is 0.874. The van der Waals surface area contributed by atoms with Gasteiger partial charge in [0.2, 0.25) is 5.88 Å². The fourth-order valence-corrected chi connectivity index (χ4v) is 1.44. The van der Waals surface area contributed by atoms with E-state index >= 15 is 0 Å². The van der Waals surface area contributed by atoms with Gasteiger partial charge in [-0.2, -0.15) is 0 Å². The summed E-state index contributed by atoms with van der Waals surface area (Å²) in [7, 11) is 0. The molecule has 2 heterocycles. The number of anilines is 1. The highest BCUT2D eigenvalue weighted by molar-refractivity contribution is 5.34. The first kappa shape index (κ1) is 11.3. The molecular formula is C12H14N4O. The Morgan fingerprint density at radius 2 is 2.00 bits per heavy atom. The van der Waals surface area contributed by atoms with Gasteiger partial charge in [-0.1, -0.05) is 6.92 Å². The third-order valence-electron chi connectivity index (χ3n) is 2.28. The summed E-state index contributed by atoms with van der Waals surface area (Å²) in [5, 5.41) is 7.58. The van der Waals surface area contributed by atoms with Gasteiger partial charge in [0, 0.05) is 11.8 Å². The number of pyridine rings is 1. The molecule has 0 aliphatic heterocycles.